The Morgan fingerprint density at radius 1 is 0.947 bits per heavy atom. The average molecular weight is 268 g/mol. The second-order valence-electron chi connectivity index (χ2n) is 6.67. The molecule has 0 spiro atoms. The van der Waals surface area contributed by atoms with Gasteiger partial charge < -0.3 is 0 Å². The van der Waals surface area contributed by atoms with Crippen molar-refractivity contribution in [3.8, 4) is 0 Å². The van der Waals surface area contributed by atoms with Crippen LogP contribution in [-0.2, 0) is 9.59 Å². The molecule has 0 unspecified atom stereocenters. The zero-order chi connectivity index (χ0) is 14.8. The van der Waals surface area contributed by atoms with E-state index in [0.29, 0.717) is 23.4 Å². The number of Topliss-reactive ketones (excluding diaryl/α,β-unsaturated/α-hetero) is 2. The Hall–Kier alpha value is -0.660. The van der Waals surface area contributed by atoms with Gasteiger partial charge in [0, 0.05) is 25.7 Å². The lowest BCUT2D eigenvalue weighted by molar-refractivity contribution is -0.120. The standard InChI is InChI=1S/C9H16O.C8H16O/c1-7(2)5-9(10)6-8-3-4-8;1-4-5-8(9)6-7(2)3/h7-8H,3-6H2,1-2H3;7H,4-6H2,1-3H3. The third kappa shape index (κ3) is 13.6. The summed E-state index contributed by atoms with van der Waals surface area (Å²) in [5.74, 6) is 2.73. The predicted molar refractivity (Wildman–Crippen MR) is 81.2 cm³/mol. The Morgan fingerprint density at radius 3 is 1.79 bits per heavy atom. The highest BCUT2D eigenvalue weighted by atomic mass is 16.1. The topological polar surface area (TPSA) is 34.1 Å². The fraction of sp³-hybridized carbons (Fsp3) is 0.882. The molecule has 0 aromatic carbocycles. The Balaban J connectivity index is 0.000000344. The molecule has 0 heterocycles. The molecule has 1 rings (SSSR count). The molecule has 1 fully saturated rings. The smallest absolute Gasteiger partial charge is 0.133 e. The molecule has 0 N–H and O–H groups in total. The Kier molecular flexibility index (Phi) is 9.81. The van der Waals surface area contributed by atoms with Crippen molar-refractivity contribution in [3.63, 3.8) is 0 Å². The third-order valence-electron chi connectivity index (χ3n) is 3.01. The van der Waals surface area contributed by atoms with Gasteiger partial charge in [-0.2, -0.15) is 0 Å². The molecule has 1 aliphatic carbocycles. The van der Waals surface area contributed by atoms with E-state index in [0.717, 1.165) is 38.0 Å². The maximum absolute atomic E-state index is 11.1. The Labute approximate surface area is 119 Å². The number of hydrogen-bond donors (Lipinski definition) is 0. The second kappa shape index (κ2) is 10.2. The van der Waals surface area contributed by atoms with E-state index in [4.69, 9.17) is 0 Å². The number of carbonyl (C=O) groups is 2. The van der Waals surface area contributed by atoms with Crippen LogP contribution in [0.5, 0.6) is 0 Å². The molecular formula is C17H32O2. The van der Waals surface area contributed by atoms with Crippen LogP contribution in [0.1, 0.15) is 79.6 Å². The average Bonchev–Trinajstić information content (AvgIpc) is 2.99. The van der Waals surface area contributed by atoms with Gasteiger partial charge >= 0.3 is 0 Å². The molecule has 1 aliphatic rings. The van der Waals surface area contributed by atoms with Gasteiger partial charge in [0.15, 0.2) is 0 Å². The molecule has 0 saturated heterocycles. The van der Waals surface area contributed by atoms with Gasteiger partial charge in [-0.15, -0.1) is 0 Å². The van der Waals surface area contributed by atoms with Crippen molar-refractivity contribution in [2.24, 2.45) is 17.8 Å². The van der Waals surface area contributed by atoms with Crippen molar-refractivity contribution in [1.29, 1.82) is 0 Å². The summed E-state index contributed by atoms with van der Waals surface area (Å²) in [6.07, 6.45) is 6.75. The maximum Gasteiger partial charge on any atom is 0.133 e. The number of rotatable bonds is 8. The Morgan fingerprint density at radius 2 is 1.42 bits per heavy atom. The van der Waals surface area contributed by atoms with E-state index >= 15 is 0 Å². The largest absolute Gasteiger partial charge is 0.300 e. The molecule has 0 aliphatic heterocycles. The fourth-order valence-electron chi connectivity index (χ4n) is 2.02. The van der Waals surface area contributed by atoms with Gasteiger partial charge in [0.2, 0.25) is 0 Å². The first kappa shape index (κ1) is 18.3. The molecule has 0 radical (unpaired) electrons. The van der Waals surface area contributed by atoms with Crippen LogP contribution in [0.2, 0.25) is 0 Å². The van der Waals surface area contributed by atoms with Crippen molar-refractivity contribution >= 4 is 11.6 Å². The summed E-state index contributed by atoms with van der Waals surface area (Å²) >= 11 is 0. The van der Waals surface area contributed by atoms with Crippen LogP contribution in [0.3, 0.4) is 0 Å². The first-order chi connectivity index (χ1) is 8.85. The highest BCUT2D eigenvalue weighted by Gasteiger charge is 2.24. The lowest BCUT2D eigenvalue weighted by Gasteiger charge is -2.01. The molecule has 0 aromatic heterocycles. The summed E-state index contributed by atoms with van der Waals surface area (Å²) in [4.78, 5) is 22.0. The van der Waals surface area contributed by atoms with Crippen LogP contribution in [-0.4, -0.2) is 11.6 Å². The number of hydrogen-bond acceptors (Lipinski definition) is 2. The van der Waals surface area contributed by atoms with E-state index in [2.05, 4.69) is 27.7 Å². The SMILES string of the molecule is CC(C)CC(=O)CC1CC1.CCCC(=O)CC(C)C. The van der Waals surface area contributed by atoms with E-state index in [1.807, 2.05) is 6.92 Å². The minimum Gasteiger partial charge on any atom is -0.300 e. The lowest BCUT2D eigenvalue weighted by atomic mass is 10.0. The summed E-state index contributed by atoms with van der Waals surface area (Å²) in [6, 6.07) is 0. The monoisotopic (exact) mass is 268 g/mol. The maximum atomic E-state index is 11.1. The quantitative estimate of drug-likeness (QED) is 0.633. The third-order valence-corrected chi connectivity index (χ3v) is 3.01. The predicted octanol–water partition coefficient (Wildman–Crippen LogP) is 4.80. The van der Waals surface area contributed by atoms with Crippen molar-refractivity contribution in [1.82, 2.24) is 0 Å². The van der Waals surface area contributed by atoms with Crippen molar-refractivity contribution in [2.45, 2.75) is 79.6 Å². The van der Waals surface area contributed by atoms with Gasteiger partial charge in [-0.3, -0.25) is 9.59 Å². The minimum absolute atomic E-state index is 0.410. The molecule has 0 aromatic rings. The molecule has 2 nitrogen and oxygen atoms in total. The van der Waals surface area contributed by atoms with Crippen LogP contribution in [0.25, 0.3) is 0 Å². The highest BCUT2D eigenvalue weighted by molar-refractivity contribution is 5.79. The van der Waals surface area contributed by atoms with Crippen LogP contribution in [0.15, 0.2) is 0 Å². The Bertz CT molecular complexity index is 256. The minimum atomic E-state index is 0.410. The van der Waals surface area contributed by atoms with E-state index in [9.17, 15) is 9.59 Å². The van der Waals surface area contributed by atoms with Crippen molar-refractivity contribution < 1.29 is 9.59 Å². The molecule has 1 saturated carbocycles. The van der Waals surface area contributed by atoms with Crippen LogP contribution in [0.4, 0.5) is 0 Å². The van der Waals surface area contributed by atoms with Gasteiger partial charge in [0.05, 0.1) is 0 Å². The fourth-order valence-corrected chi connectivity index (χ4v) is 2.02. The first-order valence-electron chi connectivity index (χ1n) is 7.88. The van der Waals surface area contributed by atoms with Gasteiger partial charge in [-0.25, -0.2) is 0 Å². The van der Waals surface area contributed by atoms with Crippen LogP contribution < -0.4 is 0 Å². The van der Waals surface area contributed by atoms with Gasteiger partial charge in [0.1, 0.15) is 11.6 Å². The summed E-state index contributed by atoms with van der Waals surface area (Å²) in [5.41, 5.74) is 0. The first-order valence-corrected chi connectivity index (χ1v) is 7.88. The second-order valence-corrected chi connectivity index (χ2v) is 6.67. The molecule has 19 heavy (non-hydrogen) atoms. The molecule has 0 bridgehead atoms. The van der Waals surface area contributed by atoms with E-state index in [1.54, 1.807) is 0 Å². The molecule has 0 atom stereocenters. The number of ketones is 2. The van der Waals surface area contributed by atoms with E-state index in [-0.39, 0.29) is 0 Å². The summed E-state index contributed by atoms with van der Waals surface area (Å²) in [5, 5.41) is 0. The molecule has 2 heteroatoms. The highest BCUT2D eigenvalue weighted by Crippen LogP contribution is 2.33. The summed E-state index contributed by atoms with van der Waals surface area (Å²) in [6.45, 7) is 10.4. The van der Waals surface area contributed by atoms with E-state index in [1.165, 1.54) is 12.8 Å². The van der Waals surface area contributed by atoms with Crippen molar-refractivity contribution in [2.75, 3.05) is 0 Å². The molecule has 0 amide bonds. The zero-order valence-electron chi connectivity index (χ0n) is 13.5. The zero-order valence-corrected chi connectivity index (χ0v) is 13.5. The van der Waals surface area contributed by atoms with Crippen LogP contribution in [0, 0.1) is 17.8 Å². The molecule has 112 valence electrons. The summed E-state index contributed by atoms with van der Waals surface area (Å²) in [7, 11) is 0. The number of carbonyl (C=O) groups excluding carboxylic acids is 2. The molecular weight excluding hydrogens is 236 g/mol. The lowest BCUT2D eigenvalue weighted by Crippen LogP contribution is -2.02. The van der Waals surface area contributed by atoms with Gasteiger partial charge in [0.25, 0.3) is 0 Å². The van der Waals surface area contributed by atoms with E-state index < -0.39 is 0 Å². The van der Waals surface area contributed by atoms with Gasteiger partial charge in [-0.1, -0.05) is 34.6 Å². The van der Waals surface area contributed by atoms with Crippen molar-refractivity contribution in [3.05, 3.63) is 0 Å². The van der Waals surface area contributed by atoms with Gasteiger partial charge in [-0.05, 0) is 37.0 Å². The summed E-state index contributed by atoms with van der Waals surface area (Å²) < 4.78 is 0. The normalized spacial score (nSPS) is 14.3. The van der Waals surface area contributed by atoms with Crippen LogP contribution >= 0.6 is 0 Å².